The van der Waals surface area contributed by atoms with Crippen LogP contribution in [0.2, 0.25) is 0 Å². The summed E-state index contributed by atoms with van der Waals surface area (Å²) in [5, 5.41) is 0. The molecule has 0 bridgehead atoms. The lowest BCUT2D eigenvalue weighted by molar-refractivity contribution is 0.00759. The molecule has 0 saturated carbocycles. The summed E-state index contributed by atoms with van der Waals surface area (Å²) in [6.45, 7) is 10.6. The Labute approximate surface area is 180 Å². The number of rotatable bonds is 21. The van der Waals surface area contributed by atoms with E-state index in [1.165, 1.54) is 57.8 Å². The summed E-state index contributed by atoms with van der Waals surface area (Å²) in [5.41, 5.74) is 0. The molecular weight excluding hydrogens is 366 g/mol. The van der Waals surface area contributed by atoms with E-state index in [0.717, 1.165) is 45.3 Å². The number of methoxy groups -OCH3 is 1. The average molecular weight is 416 g/mol. The molecule has 0 spiro atoms. The van der Waals surface area contributed by atoms with Crippen LogP contribution in [-0.2, 0) is 14.2 Å². The summed E-state index contributed by atoms with van der Waals surface area (Å²) in [6, 6.07) is 0. The molecule has 5 nitrogen and oxygen atoms in total. The summed E-state index contributed by atoms with van der Waals surface area (Å²) in [7, 11) is 1.68. The zero-order valence-electron chi connectivity index (χ0n) is 19.9. The second kappa shape index (κ2) is 21.9. The van der Waals surface area contributed by atoms with Gasteiger partial charge in [-0.1, -0.05) is 78.6 Å². The molecule has 0 aliphatic carbocycles. The van der Waals surface area contributed by atoms with Crippen molar-refractivity contribution < 1.29 is 19.0 Å². The quantitative estimate of drug-likeness (QED) is 0.156. The van der Waals surface area contributed by atoms with Gasteiger partial charge in [0.05, 0.1) is 6.61 Å². The van der Waals surface area contributed by atoms with Crippen molar-refractivity contribution in [1.29, 1.82) is 0 Å². The van der Waals surface area contributed by atoms with Crippen LogP contribution in [0.4, 0.5) is 4.79 Å². The molecule has 0 fully saturated rings. The lowest BCUT2D eigenvalue weighted by Gasteiger charge is -2.19. The predicted octanol–water partition coefficient (Wildman–Crippen LogP) is 6.59. The highest BCUT2D eigenvalue weighted by atomic mass is 16.7. The third-order valence-corrected chi connectivity index (χ3v) is 5.52. The number of carbonyl (C=O) groups is 1. The minimum atomic E-state index is -0.530. The Bertz CT molecular complexity index is 348. The Balaban J connectivity index is 3.82. The molecule has 0 aromatic rings. The highest BCUT2D eigenvalue weighted by molar-refractivity contribution is 5.60. The fraction of sp³-hybridized carbons (Fsp3) is 0.958. The fourth-order valence-corrected chi connectivity index (χ4v) is 3.52. The molecule has 5 heteroatoms. The lowest BCUT2D eigenvalue weighted by Crippen LogP contribution is -2.26. The van der Waals surface area contributed by atoms with Crippen molar-refractivity contribution >= 4 is 6.16 Å². The molecule has 0 aromatic heterocycles. The minimum absolute atomic E-state index is 0.0979. The molecule has 0 aliphatic heterocycles. The van der Waals surface area contributed by atoms with Crippen LogP contribution in [0, 0.1) is 0 Å². The van der Waals surface area contributed by atoms with E-state index >= 15 is 0 Å². The van der Waals surface area contributed by atoms with Gasteiger partial charge in [0.2, 0.25) is 0 Å². The van der Waals surface area contributed by atoms with Crippen LogP contribution in [0.3, 0.4) is 0 Å². The Hall–Kier alpha value is -0.810. The lowest BCUT2D eigenvalue weighted by atomic mass is 10.0. The summed E-state index contributed by atoms with van der Waals surface area (Å²) in [6.07, 6.45) is 15.0. The molecule has 1 atom stereocenters. The van der Waals surface area contributed by atoms with E-state index in [-0.39, 0.29) is 6.10 Å². The van der Waals surface area contributed by atoms with E-state index < -0.39 is 6.16 Å². The molecule has 0 saturated heterocycles. The highest BCUT2D eigenvalue weighted by Gasteiger charge is 2.15. The first-order valence-corrected chi connectivity index (χ1v) is 12.2. The second-order valence-corrected chi connectivity index (χ2v) is 7.97. The minimum Gasteiger partial charge on any atom is -0.434 e. The number of hydrogen-bond donors (Lipinski definition) is 0. The van der Waals surface area contributed by atoms with Crippen molar-refractivity contribution in [1.82, 2.24) is 4.90 Å². The molecule has 174 valence electrons. The van der Waals surface area contributed by atoms with Crippen LogP contribution in [0.15, 0.2) is 0 Å². The molecule has 1 unspecified atom stereocenters. The van der Waals surface area contributed by atoms with Gasteiger partial charge in [-0.05, 0) is 32.4 Å². The number of ether oxygens (including phenoxy) is 3. The average Bonchev–Trinajstić information content (AvgIpc) is 2.73. The zero-order chi connectivity index (χ0) is 21.6. The summed E-state index contributed by atoms with van der Waals surface area (Å²) in [4.78, 5) is 14.3. The van der Waals surface area contributed by atoms with Crippen LogP contribution >= 0.6 is 0 Å². The molecule has 0 heterocycles. The van der Waals surface area contributed by atoms with E-state index in [1.807, 2.05) is 0 Å². The van der Waals surface area contributed by atoms with Gasteiger partial charge >= 0.3 is 6.16 Å². The first-order chi connectivity index (χ1) is 14.2. The van der Waals surface area contributed by atoms with E-state index in [1.54, 1.807) is 7.11 Å². The van der Waals surface area contributed by atoms with Gasteiger partial charge in [0.1, 0.15) is 6.10 Å². The van der Waals surface area contributed by atoms with Crippen molar-refractivity contribution in [2.75, 3.05) is 40.0 Å². The van der Waals surface area contributed by atoms with Crippen LogP contribution in [0.5, 0.6) is 0 Å². The third-order valence-electron chi connectivity index (χ3n) is 5.52. The number of nitrogens with zero attached hydrogens (tertiary/aromatic N) is 1. The molecule has 0 aromatic carbocycles. The second-order valence-electron chi connectivity index (χ2n) is 7.97. The maximum Gasteiger partial charge on any atom is 0.508 e. The van der Waals surface area contributed by atoms with Crippen LogP contribution < -0.4 is 0 Å². The summed E-state index contributed by atoms with van der Waals surface area (Å²) in [5.74, 6) is 0. The van der Waals surface area contributed by atoms with Gasteiger partial charge in [-0.3, -0.25) is 0 Å². The SMILES string of the molecule is CCCCCCCCCCCCC(CCOC)OC(=O)OCCCN(CC)CC. The van der Waals surface area contributed by atoms with E-state index in [9.17, 15) is 4.79 Å². The van der Waals surface area contributed by atoms with Gasteiger partial charge in [-0.25, -0.2) is 4.79 Å². The molecule has 0 N–H and O–H groups in total. The Morgan fingerprint density at radius 1 is 0.759 bits per heavy atom. The fourth-order valence-electron chi connectivity index (χ4n) is 3.52. The number of carbonyl (C=O) groups excluding carboxylic acids is 1. The van der Waals surface area contributed by atoms with Gasteiger partial charge < -0.3 is 19.1 Å². The van der Waals surface area contributed by atoms with Crippen LogP contribution in [0.25, 0.3) is 0 Å². The third kappa shape index (κ3) is 18.9. The molecule has 0 radical (unpaired) electrons. The largest absolute Gasteiger partial charge is 0.508 e. The molecule has 29 heavy (non-hydrogen) atoms. The van der Waals surface area contributed by atoms with Crippen molar-refractivity contribution in [3.8, 4) is 0 Å². The normalized spacial score (nSPS) is 12.3. The van der Waals surface area contributed by atoms with Crippen molar-refractivity contribution in [2.24, 2.45) is 0 Å². The number of hydrogen-bond acceptors (Lipinski definition) is 5. The standard InChI is InChI=1S/C24H49NO4/c1-5-8-9-10-11-12-13-14-15-16-18-23(19-22-27-4)29-24(26)28-21-17-20-25(6-2)7-3/h23H,5-22H2,1-4H3. The monoisotopic (exact) mass is 415 g/mol. The zero-order valence-corrected chi connectivity index (χ0v) is 19.9. The summed E-state index contributed by atoms with van der Waals surface area (Å²) >= 11 is 0. The predicted molar refractivity (Wildman–Crippen MR) is 122 cm³/mol. The van der Waals surface area contributed by atoms with Gasteiger partial charge in [0, 0.05) is 26.7 Å². The molecule has 0 rings (SSSR count). The maximum atomic E-state index is 12.0. The first kappa shape index (κ1) is 28.2. The van der Waals surface area contributed by atoms with Gasteiger partial charge in [-0.2, -0.15) is 0 Å². The van der Waals surface area contributed by atoms with Gasteiger partial charge in [-0.15, -0.1) is 0 Å². The van der Waals surface area contributed by atoms with Gasteiger partial charge in [0.25, 0.3) is 0 Å². The Kier molecular flexibility index (Phi) is 21.3. The summed E-state index contributed by atoms with van der Waals surface area (Å²) < 4.78 is 16.0. The number of unbranched alkanes of at least 4 members (excludes halogenated alkanes) is 9. The van der Waals surface area contributed by atoms with Gasteiger partial charge in [0.15, 0.2) is 0 Å². The van der Waals surface area contributed by atoms with Crippen molar-refractivity contribution in [3.05, 3.63) is 0 Å². The molecule has 0 aliphatic rings. The van der Waals surface area contributed by atoms with E-state index in [0.29, 0.717) is 13.2 Å². The van der Waals surface area contributed by atoms with Crippen molar-refractivity contribution in [3.63, 3.8) is 0 Å². The van der Waals surface area contributed by atoms with E-state index in [4.69, 9.17) is 14.2 Å². The van der Waals surface area contributed by atoms with E-state index in [2.05, 4.69) is 25.7 Å². The maximum absolute atomic E-state index is 12.0. The molecular formula is C24H49NO4. The highest BCUT2D eigenvalue weighted by Crippen LogP contribution is 2.15. The Morgan fingerprint density at radius 2 is 1.34 bits per heavy atom. The topological polar surface area (TPSA) is 48.0 Å². The first-order valence-electron chi connectivity index (χ1n) is 12.2. The van der Waals surface area contributed by atoms with Crippen LogP contribution in [0.1, 0.15) is 104 Å². The smallest absolute Gasteiger partial charge is 0.434 e. The molecule has 0 amide bonds. The van der Waals surface area contributed by atoms with Crippen molar-refractivity contribution in [2.45, 2.75) is 110 Å². The Morgan fingerprint density at radius 3 is 1.90 bits per heavy atom. The van der Waals surface area contributed by atoms with Crippen LogP contribution in [-0.4, -0.2) is 57.1 Å².